The van der Waals surface area contributed by atoms with Crippen LogP contribution in [0.3, 0.4) is 0 Å². The predicted molar refractivity (Wildman–Crippen MR) is 108 cm³/mol. The predicted octanol–water partition coefficient (Wildman–Crippen LogP) is 4.61. The number of nitrogens with zero attached hydrogens (tertiary/aromatic N) is 1. The summed E-state index contributed by atoms with van der Waals surface area (Å²) in [4.78, 5) is 13.2. The summed E-state index contributed by atoms with van der Waals surface area (Å²) in [7, 11) is 3.24. The van der Waals surface area contributed by atoms with Gasteiger partial charge in [-0.1, -0.05) is 33.8 Å². The molecule has 2 atom stereocenters. The Labute approximate surface area is 162 Å². The smallest absolute Gasteiger partial charge is 0.243 e. The number of ether oxygens (including phenoxy) is 2. The molecule has 1 amide bonds. The van der Waals surface area contributed by atoms with Gasteiger partial charge >= 0.3 is 0 Å². The quantitative estimate of drug-likeness (QED) is 0.699. The lowest BCUT2D eigenvalue weighted by atomic mass is 9.94. The van der Waals surface area contributed by atoms with Crippen molar-refractivity contribution in [2.45, 2.75) is 46.2 Å². The third kappa shape index (κ3) is 5.28. The van der Waals surface area contributed by atoms with Crippen LogP contribution in [-0.4, -0.2) is 24.7 Å². The van der Waals surface area contributed by atoms with Gasteiger partial charge in [0.1, 0.15) is 6.04 Å². The van der Waals surface area contributed by atoms with Crippen LogP contribution >= 0.6 is 0 Å². The first-order valence-electron chi connectivity index (χ1n) is 9.52. The number of methoxy groups -OCH3 is 2. The summed E-state index contributed by atoms with van der Waals surface area (Å²) in [6.45, 7) is 8.49. The first kappa shape index (κ1) is 20.9. The molecule has 2 aromatic rings. The summed E-state index contributed by atoms with van der Waals surface area (Å²) < 4.78 is 12.7. The zero-order valence-corrected chi connectivity index (χ0v) is 17.2. The maximum absolute atomic E-state index is 13.2. The number of amides is 1. The van der Waals surface area contributed by atoms with Crippen molar-refractivity contribution in [2.24, 2.45) is 11.8 Å². The van der Waals surface area contributed by atoms with E-state index in [1.165, 1.54) is 0 Å². The van der Waals surface area contributed by atoms with E-state index >= 15 is 0 Å². The van der Waals surface area contributed by atoms with Crippen LogP contribution in [0, 0.1) is 11.8 Å². The summed E-state index contributed by atoms with van der Waals surface area (Å²) >= 11 is 0. The first-order chi connectivity index (χ1) is 12.9. The van der Waals surface area contributed by atoms with Crippen LogP contribution in [0.4, 0.5) is 0 Å². The molecule has 0 radical (unpaired) electrons. The average Bonchev–Trinajstić information content (AvgIpc) is 3.17. The van der Waals surface area contributed by atoms with Gasteiger partial charge in [0.05, 0.1) is 20.3 Å². The molecule has 0 saturated heterocycles. The van der Waals surface area contributed by atoms with E-state index in [2.05, 4.69) is 33.0 Å². The Morgan fingerprint density at radius 2 is 1.67 bits per heavy atom. The van der Waals surface area contributed by atoms with Gasteiger partial charge in [-0.3, -0.25) is 4.79 Å². The minimum atomic E-state index is -0.221. The van der Waals surface area contributed by atoms with Gasteiger partial charge in [0.2, 0.25) is 5.91 Å². The van der Waals surface area contributed by atoms with Crippen LogP contribution in [0.1, 0.15) is 51.8 Å². The molecule has 0 aliphatic heterocycles. The summed E-state index contributed by atoms with van der Waals surface area (Å²) in [6, 6.07) is 9.39. The molecule has 0 unspecified atom stereocenters. The zero-order valence-electron chi connectivity index (χ0n) is 17.2. The van der Waals surface area contributed by atoms with Crippen molar-refractivity contribution < 1.29 is 14.3 Å². The fourth-order valence-corrected chi connectivity index (χ4v) is 3.30. The van der Waals surface area contributed by atoms with Gasteiger partial charge in [-0.25, -0.2) is 0 Å². The lowest BCUT2D eigenvalue weighted by Gasteiger charge is -2.27. The molecule has 0 saturated carbocycles. The van der Waals surface area contributed by atoms with Gasteiger partial charge in [0.15, 0.2) is 11.5 Å². The van der Waals surface area contributed by atoms with Crippen molar-refractivity contribution in [1.29, 1.82) is 0 Å². The highest BCUT2D eigenvalue weighted by atomic mass is 16.5. The van der Waals surface area contributed by atoms with Gasteiger partial charge in [0, 0.05) is 12.4 Å². The third-order valence-corrected chi connectivity index (χ3v) is 4.72. The van der Waals surface area contributed by atoms with Crippen molar-refractivity contribution in [1.82, 2.24) is 9.88 Å². The molecule has 0 fully saturated rings. The molecule has 1 N–H and O–H groups in total. The van der Waals surface area contributed by atoms with Crippen molar-refractivity contribution in [2.75, 3.05) is 14.2 Å². The topological polar surface area (TPSA) is 52.5 Å². The third-order valence-electron chi connectivity index (χ3n) is 4.72. The Kier molecular flexibility index (Phi) is 7.34. The number of rotatable bonds is 9. The molecular formula is C22H32N2O3. The van der Waals surface area contributed by atoms with Crippen LogP contribution < -0.4 is 14.8 Å². The van der Waals surface area contributed by atoms with Crippen molar-refractivity contribution >= 4 is 5.91 Å². The number of nitrogens with one attached hydrogen (secondary N) is 1. The summed E-state index contributed by atoms with van der Waals surface area (Å²) in [5.74, 6) is 2.03. The SMILES string of the molecule is COc1ccc([C@@H](NC(=O)[C@H](CC(C)C)n2cccc2)C(C)C)cc1OC. The molecule has 0 spiro atoms. The molecule has 0 aliphatic carbocycles. The van der Waals surface area contributed by atoms with E-state index < -0.39 is 0 Å². The highest BCUT2D eigenvalue weighted by Gasteiger charge is 2.26. The minimum absolute atomic E-state index is 0.0355. The second-order valence-electron chi connectivity index (χ2n) is 7.62. The van der Waals surface area contributed by atoms with Crippen molar-refractivity contribution in [3.63, 3.8) is 0 Å². The highest BCUT2D eigenvalue weighted by Crippen LogP contribution is 2.32. The zero-order chi connectivity index (χ0) is 20.0. The molecule has 1 heterocycles. The van der Waals surface area contributed by atoms with Gasteiger partial charge < -0.3 is 19.4 Å². The highest BCUT2D eigenvalue weighted by molar-refractivity contribution is 5.80. The Bertz CT molecular complexity index is 723. The number of benzene rings is 1. The lowest BCUT2D eigenvalue weighted by Crippen LogP contribution is -2.37. The number of carbonyl (C=O) groups excluding carboxylic acids is 1. The van der Waals surface area contributed by atoms with Gasteiger partial charge in [0.25, 0.3) is 0 Å². The van der Waals surface area contributed by atoms with E-state index in [1.807, 2.05) is 47.3 Å². The first-order valence-corrected chi connectivity index (χ1v) is 9.52. The number of carbonyl (C=O) groups is 1. The molecule has 5 nitrogen and oxygen atoms in total. The average molecular weight is 373 g/mol. The van der Waals surface area contributed by atoms with Crippen molar-refractivity contribution in [3.05, 3.63) is 48.3 Å². The Morgan fingerprint density at radius 1 is 1.04 bits per heavy atom. The van der Waals surface area contributed by atoms with E-state index in [0.717, 1.165) is 12.0 Å². The van der Waals surface area contributed by atoms with Gasteiger partial charge in [-0.05, 0) is 48.1 Å². The maximum atomic E-state index is 13.2. The molecular weight excluding hydrogens is 340 g/mol. The van der Waals surface area contributed by atoms with E-state index in [-0.39, 0.29) is 23.9 Å². The van der Waals surface area contributed by atoms with E-state index in [9.17, 15) is 4.79 Å². The van der Waals surface area contributed by atoms with Crippen LogP contribution in [0.15, 0.2) is 42.7 Å². The number of hydrogen-bond donors (Lipinski definition) is 1. The van der Waals surface area contributed by atoms with Gasteiger partial charge in [-0.2, -0.15) is 0 Å². The van der Waals surface area contributed by atoms with Crippen LogP contribution in [0.2, 0.25) is 0 Å². The number of hydrogen-bond acceptors (Lipinski definition) is 3. The van der Waals surface area contributed by atoms with Crippen LogP contribution in [0.5, 0.6) is 11.5 Å². The van der Waals surface area contributed by atoms with E-state index in [1.54, 1.807) is 14.2 Å². The molecule has 0 bridgehead atoms. The molecule has 148 valence electrons. The molecule has 5 heteroatoms. The Hall–Kier alpha value is -2.43. The van der Waals surface area contributed by atoms with Crippen LogP contribution in [-0.2, 0) is 4.79 Å². The molecule has 1 aromatic carbocycles. The Morgan fingerprint density at radius 3 is 2.19 bits per heavy atom. The maximum Gasteiger partial charge on any atom is 0.243 e. The standard InChI is InChI=1S/C22H32N2O3/c1-15(2)13-18(24-11-7-8-12-24)22(25)23-21(16(3)4)17-9-10-19(26-5)20(14-17)27-6/h7-12,14-16,18,21H,13H2,1-6H3,(H,23,25)/t18-,21-/m0/s1. The largest absolute Gasteiger partial charge is 0.493 e. The molecule has 0 aliphatic rings. The van der Waals surface area contributed by atoms with E-state index in [0.29, 0.717) is 17.4 Å². The van der Waals surface area contributed by atoms with Crippen LogP contribution in [0.25, 0.3) is 0 Å². The minimum Gasteiger partial charge on any atom is -0.493 e. The molecule has 27 heavy (non-hydrogen) atoms. The lowest BCUT2D eigenvalue weighted by molar-refractivity contribution is -0.125. The summed E-state index contributed by atoms with van der Waals surface area (Å²) in [5.41, 5.74) is 1.01. The second-order valence-corrected chi connectivity index (χ2v) is 7.62. The monoisotopic (exact) mass is 372 g/mol. The normalized spacial score (nSPS) is 13.5. The van der Waals surface area contributed by atoms with Crippen molar-refractivity contribution in [3.8, 4) is 11.5 Å². The number of aromatic nitrogens is 1. The van der Waals surface area contributed by atoms with E-state index in [4.69, 9.17) is 9.47 Å². The fourth-order valence-electron chi connectivity index (χ4n) is 3.30. The van der Waals surface area contributed by atoms with Gasteiger partial charge in [-0.15, -0.1) is 0 Å². The fraction of sp³-hybridized carbons (Fsp3) is 0.500. The molecule has 2 rings (SSSR count). The summed E-state index contributed by atoms with van der Waals surface area (Å²) in [5, 5.41) is 3.26. The summed E-state index contributed by atoms with van der Waals surface area (Å²) in [6.07, 6.45) is 4.69. The molecule has 1 aromatic heterocycles. The Balaban J connectivity index is 2.27. The second kappa shape index (κ2) is 9.49.